The average Bonchev–Trinajstić information content (AvgIpc) is 2.26. The van der Waals surface area contributed by atoms with Crippen LogP contribution in [0.4, 0.5) is 0 Å². The van der Waals surface area contributed by atoms with Crippen LogP contribution in [0.1, 0.15) is 42.0 Å². The van der Waals surface area contributed by atoms with Crippen molar-refractivity contribution in [3.8, 4) is 5.75 Å². The summed E-state index contributed by atoms with van der Waals surface area (Å²) in [6, 6.07) is 2.18. The lowest BCUT2D eigenvalue weighted by Crippen LogP contribution is -2.15. The van der Waals surface area contributed by atoms with E-state index >= 15 is 0 Å². The smallest absolute Gasteiger partial charge is 0.125 e. The van der Waals surface area contributed by atoms with E-state index < -0.39 is 0 Å². The minimum atomic E-state index is 0.143. The molecule has 2 nitrogen and oxygen atoms in total. The minimum Gasteiger partial charge on any atom is -0.496 e. The zero-order valence-electron chi connectivity index (χ0n) is 11.8. The van der Waals surface area contributed by atoms with Gasteiger partial charge in [0.25, 0.3) is 0 Å². The van der Waals surface area contributed by atoms with Crippen LogP contribution in [0.3, 0.4) is 0 Å². The molecule has 0 saturated carbocycles. The Balaban J connectivity index is 3.45. The Morgan fingerprint density at radius 3 is 2.18 bits per heavy atom. The van der Waals surface area contributed by atoms with Crippen molar-refractivity contribution in [2.24, 2.45) is 5.92 Å². The molecular weight excluding hydrogens is 212 g/mol. The summed E-state index contributed by atoms with van der Waals surface area (Å²) in [5.74, 6) is 1.48. The van der Waals surface area contributed by atoms with Gasteiger partial charge < -0.3 is 9.84 Å². The zero-order valence-corrected chi connectivity index (χ0v) is 11.8. The second-order valence-corrected chi connectivity index (χ2v) is 5.12. The molecule has 0 amide bonds. The molecule has 96 valence electrons. The molecule has 0 aromatic heterocycles. The van der Waals surface area contributed by atoms with Crippen LogP contribution in [0.2, 0.25) is 0 Å². The molecular formula is C15H24O2. The summed E-state index contributed by atoms with van der Waals surface area (Å²) >= 11 is 0. The van der Waals surface area contributed by atoms with Gasteiger partial charge in [0.2, 0.25) is 0 Å². The first-order valence-corrected chi connectivity index (χ1v) is 6.19. The van der Waals surface area contributed by atoms with Crippen LogP contribution >= 0.6 is 0 Å². The van der Waals surface area contributed by atoms with Crippen molar-refractivity contribution in [3.05, 3.63) is 28.3 Å². The van der Waals surface area contributed by atoms with Crippen LogP contribution in [0.25, 0.3) is 0 Å². The Labute approximate surface area is 105 Å². The standard InChI is InChI=1S/C15H24O2/c1-9(2)13(8-16)14-11(4)7-10(3)12(5)15(14)17-6/h7,9,13,16H,8H2,1-6H3. The predicted molar refractivity (Wildman–Crippen MR) is 71.9 cm³/mol. The van der Waals surface area contributed by atoms with E-state index in [-0.39, 0.29) is 12.5 Å². The van der Waals surface area contributed by atoms with Gasteiger partial charge >= 0.3 is 0 Å². The van der Waals surface area contributed by atoms with Gasteiger partial charge in [-0.05, 0) is 43.4 Å². The number of aliphatic hydroxyl groups excluding tert-OH is 1. The number of ether oxygens (including phenoxy) is 1. The summed E-state index contributed by atoms with van der Waals surface area (Å²) in [6.07, 6.45) is 0. The summed E-state index contributed by atoms with van der Waals surface area (Å²) in [6.45, 7) is 10.7. The number of benzene rings is 1. The highest BCUT2D eigenvalue weighted by Crippen LogP contribution is 2.37. The van der Waals surface area contributed by atoms with Crippen LogP contribution in [0.15, 0.2) is 6.07 Å². The van der Waals surface area contributed by atoms with Crippen molar-refractivity contribution in [1.29, 1.82) is 0 Å². The second-order valence-electron chi connectivity index (χ2n) is 5.12. The first-order valence-electron chi connectivity index (χ1n) is 6.19. The maximum Gasteiger partial charge on any atom is 0.125 e. The average molecular weight is 236 g/mol. The Hall–Kier alpha value is -1.02. The topological polar surface area (TPSA) is 29.5 Å². The van der Waals surface area contributed by atoms with Gasteiger partial charge in [-0.3, -0.25) is 0 Å². The van der Waals surface area contributed by atoms with E-state index in [1.165, 1.54) is 16.7 Å². The van der Waals surface area contributed by atoms with Crippen molar-refractivity contribution in [1.82, 2.24) is 0 Å². The van der Waals surface area contributed by atoms with Crippen LogP contribution in [-0.2, 0) is 0 Å². The predicted octanol–water partition coefficient (Wildman–Crippen LogP) is 3.35. The van der Waals surface area contributed by atoms with E-state index in [0.29, 0.717) is 5.92 Å². The van der Waals surface area contributed by atoms with Crippen molar-refractivity contribution in [2.75, 3.05) is 13.7 Å². The van der Waals surface area contributed by atoms with E-state index in [1.54, 1.807) is 7.11 Å². The molecule has 1 N–H and O–H groups in total. The molecule has 0 radical (unpaired) electrons. The largest absolute Gasteiger partial charge is 0.496 e. The van der Waals surface area contributed by atoms with Gasteiger partial charge in [0.15, 0.2) is 0 Å². The number of aryl methyl sites for hydroxylation is 2. The molecule has 1 aromatic carbocycles. The van der Waals surface area contributed by atoms with Crippen molar-refractivity contribution in [2.45, 2.75) is 40.5 Å². The fraction of sp³-hybridized carbons (Fsp3) is 0.600. The number of hydrogen-bond donors (Lipinski definition) is 1. The molecule has 17 heavy (non-hydrogen) atoms. The van der Waals surface area contributed by atoms with Gasteiger partial charge in [0, 0.05) is 11.5 Å². The van der Waals surface area contributed by atoms with Gasteiger partial charge in [-0.25, -0.2) is 0 Å². The molecule has 0 heterocycles. The molecule has 0 saturated heterocycles. The highest BCUT2D eigenvalue weighted by Gasteiger charge is 2.23. The quantitative estimate of drug-likeness (QED) is 0.868. The summed E-state index contributed by atoms with van der Waals surface area (Å²) in [7, 11) is 1.71. The molecule has 0 bridgehead atoms. The van der Waals surface area contributed by atoms with E-state index in [9.17, 15) is 5.11 Å². The maximum absolute atomic E-state index is 9.60. The van der Waals surface area contributed by atoms with E-state index in [2.05, 4.69) is 40.7 Å². The maximum atomic E-state index is 9.60. The third-order valence-corrected chi connectivity index (χ3v) is 3.61. The first kappa shape index (κ1) is 14.0. The fourth-order valence-corrected chi connectivity index (χ4v) is 2.43. The highest BCUT2D eigenvalue weighted by molar-refractivity contribution is 5.51. The van der Waals surface area contributed by atoms with E-state index in [0.717, 1.165) is 11.3 Å². The summed E-state index contributed by atoms with van der Waals surface area (Å²) in [4.78, 5) is 0. The number of aliphatic hydroxyl groups is 1. The van der Waals surface area contributed by atoms with Crippen LogP contribution in [0.5, 0.6) is 5.75 Å². The molecule has 1 atom stereocenters. The first-order chi connectivity index (χ1) is 7.93. The lowest BCUT2D eigenvalue weighted by atomic mass is 9.84. The number of hydrogen-bond acceptors (Lipinski definition) is 2. The van der Waals surface area contributed by atoms with E-state index in [4.69, 9.17) is 4.74 Å². The molecule has 1 rings (SSSR count). The number of rotatable bonds is 4. The summed E-state index contributed by atoms with van der Waals surface area (Å²) in [5, 5.41) is 9.60. The van der Waals surface area contributed by atoms with Crippen LogP contribution in [-0.4, -0.2) is 18.8 Å². The molecule has 2 heteroatoms. The molecule has 1 aromatic rings. The third-order valence-electron chi connectivity index (χ3n) is 3.61. The second kappa shape index (κ2) is 5.54. The van der Waals surface area contributed by atoms with Crippen molar-refractivity contribution >= 4 is 0 Å². The lowest BCUT2D eigenvalue weighted by molar-refractivity contribution is 0.233. The molecule has 0 spiro atoms. The van der Waals surface area contributed by atoms with Crippen molar-refractivity contribution < 1.29 is 9.84 Å². The van der Waals surface area contributed by atoms with Crippen molar-refractivity contribution in [3.63, 3.8) is 0 Å². The van der Waals surface area contributed by atoms with Gasteiger partial charge in [-0.15, -0.1) is 0 Å². The summed E-state index contributed by atoms with van der Waals surface area (Å²) in [5.41, 5.74) is 4.78. The lowest BCUT2D eigenvalue weighted by Gasteiger charge is -2.25. The monoisotopic (exact) mass is 236 g/mol. The fourth-order valence-electron chi connectivity index (χ4n) is 2.43. The normalized spacial score (nSPS) is 12.9. The highest BCUT2D eigenvalue weighted by atomic mass is 16.5. The van der Waals surface area contributed by atoms with Crippen LogP contribution in [0, 0.1) is 26.7 Å². The molecule has 0 aliphatic carbocycles. The molecule has 0 aliphatic heterocycles. The minimum absolute atomic E-state index is 0.143. The van der Waals surface area contributed by atoms with Gasteiger partial charge in [0.1, 0.15) is 5.75 Å². The molecule has 0 aliphatic rings. The Kier molecular flexibility index (Phi) is 4.58. The zero-order chi connectivity index (χ0) is 13.2. The van der Waals surface area contributed by atoms with Gasteiger partial charge in [-0.2, -0.15) is 0 Å². The van der Waals surface area contributed by atoms with E-state index in [1.807, 2.05) is 0 Å². The van der Waals surface area contributed by atoms with Gasteiger partial charge in [-0.1, -0.05) is 19.9 Å². The molecule has 0 fully saturated rings. The van der Waals surface area contributed by atoms with Gasteiger partial charge in [0.05, 0.1) is 13.7 Å². The summed E-state index contributed by atoms with van der Waals surface area (Å²) < 4.78 is 5.56. The Morgan fingerprint density at radius 1 is 1.18 bits per heavy atom. The SMILES string of the molecule is COc1c(C)c(C)cc(C)c1C(CO)C(C)C. The van der Waals surface area contributed by atoms with Crippen LogP contribution < -0.4 is 4.74 Å². The molecule has 1 unspecified atom stereocenters. The third kappa shape index (κ3) is 2.63. The Bertz CT molecular complexity index is 394. The Morgan fingerprint density at radius 2 is 1.76 bits per heavy atom. The number of methoxy groups -OCH3 is 1.